The van der Waals surface area contributed by atoms with Gasteiger partial charge in [-0.25, -0.2) is 4.98 Å². The molecule has 2 aromatic rings. The van der Waals surface area contributed by atoms with Crippen LogP contribution in [0.5, 0.6) is 0 Å². The molecule has 0 radical (unpaired) electrons. The fourth-order valence-corrected chi connectivity index (χ4v) is 1.55. The van der Waals surface area contributed by atoms with Crippen molar-refractivity contribution in [2.45, 2.75) is 12.4 Å². The molecule has 1 nitrogen and oxygen atoms in total. The van der Waals surface area contributed by atoms with Crippen molar-refractivity contribution in [3.63, 3.8) is 0 Å². The Morgan fingerprint density at radius 1 is 0.833 bits per heavy atom. The molecule has 0 aliphatic heterocycles. The first-order chi connectivity index (χ1) is 8.19. The van der Waals surface area contributed by atoms with Crippen LogP contribution in [0.4, 0.5) is 26.3 Å². The highest BCUT2D eigenvalue weighted by Crippen LogP contribution is 2.40. The van der Waals surface area contributed by atoms with Crippen LogP contribution in [0.25, 0.3) is 10.9 Å². The molecular formula is C11H5F6N. The lowest BCUT2D eigenvalue weighted by molar-refractivity contribution is -0.164. The SMILES string of the molecule is FC(F)(F)c1cc2ccccc2nc1C(F)(F)F. The largest absolute Gasteiger partial charge is 0.433 e. The molecule has 7 heteroatoms. The fourth-order valence-electron chi connectivity index (χ4n) is 1.55. The van der Waals surface area contributed by atoms with Gasteiger partial charge in [-0.3, -0.25) is 0 Å². The van der Waals surface area contributed by atoms with Crippen molar-refractivity contribution in [3.8, 4) is 0 Å². The van der Waals surface area contributed by atoms with Crippen molar-refractivity contribution in [1.29, 1.82) is 0 Å². The second-order valence-corrected chi connectivity index (χ2v) is 3.57. The predicted molar refractivity (Wildman–Crippen MR) is 51.7 cm³/mol. The topological polar surface area (TPSA) is 12.9 Å². The summed E-state index contributed by atoms with van der Waals surface area (Å²) in [6, 6.07) is 5.80. The number of fused-ring (bicyclic) bond motifs is 1. The number of pyridine rings is 1. The summed E-state index contributed by atoms with van der Waals surface area (Å²) >= 11 is 0. The molecule has 0 spiro atoms. The van der Waals surface area contributed by atoms with E-state index in [1.165, 1.54) is 24.3 Å². The monoisotopic (exact) mass is 265 g/mol. The van der Waals surface area contributed by atoms with Crippen molar-refractivity contribution in [2.75, 3.05) is 0 Å². The van der Waals surface area contributed by atoms with Crippen LogP contribution >= 0.6 is 0 Å². The molecule has 0 N–H and O–H groups in total. The van der Waals surface area contributed by atoms with Crippen LogP contribution in [-0.2, 0) is 12.4 Å². The third-order valence-electron chi connectivity index (χ3n) is 2.30. The lowest BCUT2D eigenvalue weighted by Crippen LogP contribution is -2.18. The summed E-state index contributed by atoms with van der Waals surface area (Å²) in [6.07, 6.45) is -10.2. The maximum absolute atomic E-state index is 12.6. The van der Waals surface area contributed by atoms with E-state index in [0.29, 0.717) is 6.07 Å². The molecule has 0 unspecified atom stereocenters. The number of benzene rings is 1. The number of rotatable bonds is 0. The Bertz CT molecular complexity index is 532. The minimum Gasteiger partial charge on any atom is -0.243 e. The van der Waals surface area contributed by atoms with Gasteiger partial charge in [-0.1, -0.05) is 18.2 Å². The van der Waals surface area contributed by atoms with Crippen LogP contribution in [0.2, 0.25) is 0 Å². The quantitative estimate of drug-likeness (QED) is 0.648. The molecule has 1 heterocycles. The van der Waals surface area contributed by atoms with Crippen LogP contribution < -0.4 is 0 Å². The molecule has 0 saturated carbocycles. The van der Waals surface area contributed by atoms with Gasteiger partial charge in [0.15, 0.2) is 5.69 Å². The van der Waals surface area contributed by atoms with Crippen molar-refractivity contribution in [3.05, 3.63) is 41.6 Å². The second kappa shape index (κ2) is 3.86. The summed E-state index contributed by atoms with van der Waals surface area (Å²) in [5, 5.41) is 0.0119. The Morgan fingerprint density at radius 3 is 2.00 bits per heavy atom. The molecule has 1 aromatic carbocycles. The molecule has 18 heavy (non-hydrogen) atoms. The number of aromatic nitrogens is 1. The maximum atomic E-state index is 12.6. The minimum absolute atomic E-state index is 0.0119. The van der Waals surface area contributed by atoms with Gasteiger partial charge in [-0.05, 0) is 12.1 Å². The van der Waals surface area contributed by atoms with Crippen LogP contribution in [-0.4, -0.2) is 4.98 Å². The molecular weight excluding hydrogens is 260 g/mol. The number of halogens is 6. The lowest BCUT2D eigenvalue weighted by atomic mass is 10.1. The van der Waals surface area contributed by atoms with Crippen LogP contribution in [0.1, 0.15) is 11.3 Å². The number of nitrogens with zero attached hydrogens (tertiary/aromatic N) is 1. The first kappa shape index (κ1) is 12.7. The van der Waals surface area contributed by atoms with Gasteiger partial charge in [0, 0.05) is 5.39 Å². The molecule has 2 rings (SSSR count). The molecule has 0 atom stereocenters. The van der Waals surface area contributed by atoms with Gasteiger partial charge in [0.1, 0.15) is 0 Å². The van der Waals surface area contributed by atoms with Gasteiger partial charge in [-0.2, -0.15) is 26.3 Å². The maximum Gasteiger partial charge on any atom is 0.433 e. The third kappa shape index (κ3) is 2.25. The zero-order chi connectivity index (χ0) is 13.6. The highest BCUT2D eigenvalue weighted by atomic mass is 19.4. The van der Waals surface area contributed by atoms with Crippen molar-refractivity contribution >= 4 is 10.9 Å². The van der Waals surface area contributed by atoms with E-state index in [1.807, 2.05) is 0 Å². The van der Waals surface area contributed by atoms with Gasteiger partial charge >= 0.3 is 12.4 Å². The lowest BCUT2D eigenvalue weighted by Gasteiger charge is -2.15. The molecule has 0 amide bonds. The molecule has 96 valence electrons. The molecule has 0 aliphatic carbocycles. The molecule has 0 aliphatic rings. The number of alkyl halides is 6. The normalized spacial score (nSPS) is 13.0. The highest BCUT2D eigenvalue weighted by molar-refractivity contribution is 5.79. The summed E-state index contributed by atoms with van der Waals surface area (Å²) in [6.45, 7) is 0. The van der Waals surface area contributed by atoms with Crippen LogP contribution in [0.3, 0.4) is 0 Å². The summed E-state index contributed by atoms with van der Waals surface area (Å²) in [4.78, 5) is 3.07. The molecule has 1 aromatic heterocycles. The summed E-state index contributed by atoms with van der Waals surface area (Å²) < 4.78 is 75.3. The van der Waals surface area contributed by atoms with Gasteiger partial charge in [0.25, 0.3) is 0 Å². The van der Waals surface area contributed by atoms with E-state index in [9.17, 15) is 26.3 Å². The average Bonchev–Trinajstić information content (AvgIpc) is 2.25. The van der Waals surface area contributed by atoms with E-state index in [2.05, 4.69) is 4.98 Å². The summed E-state index contributed by atoms with van der Waals surface area (Å²) in [5.74, 6) is 0. The Balaban J connectivity index is 2.81. The Labute approximate surface area is 97.1 Å². The zero-order valence-electron chi connectivity index (χ0n) is 8.60. The van der Waals surface area contributed by atoms with Gasteiger partial charge in [0.05, 0.1) is 11.1 Å². The van der Waals surface area contributed by atoms with Gasteiger partial charge < -0.3 is 0 Å². The summed E-state index contributed by atoms with van der Waals surface area (Å²) in [7, 11) is 0. The third-order valence-corrected chi connectivity index (χ3v) is 2.30. The van der Waals surface area contributed by atoms with Crippen LogP contribution in [0.15, 0.2) is 30.3 Å². The Hall–Kier alpha value is -1.79. The zero-order valence-corrected chi connectivity index (χ0v) is 8.60. The number of hydrogen-bond acceptors (Lipinski definition) is 1. The van der Waals surface area contributed by atoms with E-state index < -0.39 is 23.6 Å². The molecule has 0 fully saturated rings. The van der Waals surface area contributed by atoms with E-state index in [4.69, 9.17) is 0 Å². The highest BCUT2D eigenvalue weighted by Gasteiger charge is 2.44. The summed E-state index contributed by atoms with van der Waals surface area (Å²) in [5.41, 5.74) is -3.81. The van der Waals surface area contributed by atoms with Crippen LogP contribution in [0, 0.1) is 0 Å². The van der Waals surface area contributed by atoms with Crippen molar-refractivity contribution in [2.24, 2.45) is 0 Å². The standard InChI is InChI=1S/C11H5F6N/c12-10(13,14)7-5-6-3-1-2-4-8(6)18-9(7)11(15,16)17/h1-5H. The smallest absolute Gasteiger partial charge is 0.243 e. The first-order valence-corrected chi connectivity index (χ1v) is 4.74. The molecule has 0 saturated heterocycles. The van der Waals surface area contributed by atoms with Crippen molar-refractivity contribution in [1.82, 2.24) is 4.98 Å². The fraction of sp³-hybridized carbons (Fsp3) is 0.182. The number of para-hydroxylation sites is 1. The van der Waals surface area contributed by atoms with E-state index in [0.717, 1.165) is 0 Å². The van der Waals surface area contributed by atoms with Gasteiger partial charge in [-0.15, -0.1) is 0 Å². The predicted octanol–water partition coefficient (Wildman–Crippen LogP) is 4.27. The van der Waals surface area contributed by atoms with Crippen molar-refractivity contribution < 1.29 is 26.3 Å². The minimum atomic E-state index is -5.14. The van der Waals surface area contributed by atoms with E-state index in [-0.39, 0.29) is 10.9 Å². The Morgan fingerprint density at radius 2 is 1.44 bits per heavy atom. The van der Waals surface area contributed by atoms with Gasteiger partial charge in [0.2, 0.25) is 0 Å². The first-order valence-electron chi connectivity index (χ1n) is 4.74. The number of hydrogen-bond donors (Lipinski definition) is 0. The van der Waals surface area contributed by atoms with E-state index >= 15 is 0 Å². The Kier molecular flexibility index (Phi) is 2.71. The molecule has 0 bridgehead atoms. The second-order valence-electron chi connectivity index (χ2n) is 3.57. The van der Waals surface area contributed by atoms with E-state index in [1.54, 1.807) is 0 Å². The average molecular weight is 265 g/mol.